The number of allylic oxidation sites excluding steroid dienone is 1. The fraction of sp³-hybridized carbons (Fsp3) is 0.333. The van der Waals surface area contributed by atoms with Gasteiger partial charge in [-0.3, -0.25) is 0 Å². The fourth-order valence-electron chi connectivity index (χ4n) is 0. The second-order valence-corrected chi connectivity index (χ2v) is 1.66. The van der Waals surface area contributed by atoms with Crippen molar-refractivity contribution in [1.29, 1.82) is 0 Å². The molecule has 7 heavy (non-hydrogen) atoms. The summed E-state index contributed by atoms with van der Waals surface area (Å²) in [7, 11) is 0. The summed E-state index contributed by atoms with van der Waals surface area (Å²) in [6.07, 6.45) is 1.92. The van der Waals surface area contributed by atoms with Crippen LogP contribution in [0.4, 0.5) is 0 Å². The van der Waals surface area contributed by atoms with Crippen LogP contribution in [0.1, 0.15) is 0 Å². The van der Waals surface area contributed by atoms with Gasteiger partial charge in [-0.2, -0.15) is 0 Å². The average Bonchev–Trinajstić information content (AvgIpc) is 1.37. The Hall–Kier alpha value is 1.98. The van der Waals surface area contributed by atoms with Crippen LogP contribution in [0.3, 0.4) is 0 Å². The topological polar surface area (TPSA) is 0 Å². The minimum atomic E-state index is 0. The standard InChI is InChI=1S/C3H5.3BrH.Sn/c1-3-2;;;;/h3H,1-2H2;3*1H;. The Morgan fingerprint density at radius 1 is 1.29 bits per heavy atom. The average molecular weight is 403 g/mol. The second-order valence-electron chi connectivity index (χ2n) is 0.493. The van der Waals surface area contributed by atoms with E-state index in [1.807, 2.05) is 6.08 Å². The van der Waals surface area contributed by atoms with Crippen molar-refractivity contribution >= 4 is 73.5 Å². The van der Waals surface area contributed by atoms with Gasteiger partial charge >= 0.3 is 39.6 Å². The van der Waals surface area contributed by atoms with Gasteiger partial charge in [0.25, 0.3) is 0 Å². The molecule has 0 aromatic heterocycles. The van der Waals surface area contributed by atoms with Crippen LogP contribution in [-0.2, 0) is 0 Å². The molecule has 0 aliphatic carbocycles. The van der Waals surface area contributed by atoms with Crippen molar-refractivity contribution in [2.24, 2.45) is 0 Å². The van der Waals surface area contributed by atoms with Gasteiger partial charge in [0.1, 0.15) is 0 Å². The Bertz CT molecular complexity index is 24.1. The number of hydrogen-bond acceptors (Lipinski definition) is 0. The molecular formula is C3H8Br3Sn. The van der Waals surface area contributed by atoms with Crippen molar-refractivity contribution in [2.45, 2.75) is 4.44 Å². The molecule has 0 aromatic carbocycles. The van der Waals surface area contributed by atoms with Gasteiger partial charge in [-0.05, 0) is 0 Å². The van der Waals surface area contributed by atoms with Gasteiger partial charge in [-0.15, -0.1) is 50.9 Å². The molecule has 0 aromatic rings. The fourth-order valence-corrected chi connectivity index (χ4v) is 0. The Morgan fingerprint density at radius 3 is 1.43 bits per heavy atom. The quantitative estimate of drug-likeness (QED) is 0.467. The van der Waals surface area contributed by atoms with E-state index in [1.54, 1.807) is 22.5 Å². The SMILES string of the molecule is Br.Br.Br.C=C[CH2][Sn]. The van der Waals surface area contributed by atoms with E-state index in [-0.39, 0.29) is 50.9 Å². The van der Waals surface area contributed by atoms with E-state index in [0.29, 0.717) is 0 Å². The molecule has 4 heteroatoms. The molecule has 0 nitrogen and oxygen atoms in total. The first-order chi connectivity index (χ1) is 1.91. The van der Waals surface area contributed by atoms with Crippen molar-refractivity contribution in [3.05, 3.63) is 12.7 Å². The van der Waals surface area contributed by atoms with Crippen LogP contribution in [0.5, 0.6) is 0 Å². The number of hydrogen-bond donors (Lipinski definition) is 0. The van der Waals surface area contributed by atoms with Gasteiger partial charge in [-0.25, -0.2) is 0 Å². The van der Waals surface area contributed by atoms with Crippen LogP contribution in [0, 0.1) is 0 Å². The van der Waals surface area contributed by atoms with Crippen LogP contribution in [0.25, 0.3) is 0 Å². The summed E-state index contributed by atoms with van der Waals surface area (Å²) in [5.74, 6) is 0. The van der Waals surface area contributed by atoms with Crippen LogP contribution >= 0.6 is 50.9 Å². The molecule has 0 atom stereocenters. The summed E-state index contributed by atoms with van der Waals surface area (Å²) in [6, 6.07) is 0. The van der Waals surface area contributed by atoms with Crippen molar-refractivity contribution in [2.75, 3.05) is 0 Å². The van der Waals surface area contributed by atoms with Crippen molar-refractivity contribution in [3.8, 4) is 0 Å². The first-order valence-corrected chi connectivity index (χ1v) is 3.19. The molecule has 0 rings (SSSR count). The minimum absolute atomic E-state index is 0. The summed E-state index contributed by atoms with van der Waals surface area (Å²) in [6.45, 7) is 3.50. The molecule has 0 spiro atoms. The van der Waals surface area contributed by atoms with E-state index >= 15 is 0 Å². The first-order valence-electron chi connectivity index (χ1n) is 1.17. The van der Waals surface area contributed by atoms with E-state index in [2.05, 4.69) is 6.58 Å². The van der Waals surface area contributed by atoms with Crippen LogP contribution in [0.15, 0.2) is 12.7 Å². The first kappa shape index (κ1) is 23.1. The van der Waals surface area contributed by atoms with Gasteiger partial charge < -0.3 is 0 Å². The molecule has 0 heterocycles. The predicted octanol–water partition coefficient (Wildman–Crippen LogP) is 2.49. The number of rotatable bonds is 1. The third-order valence-electron chi connectivity index (χ3n) is 0.144. The molecule has 0 unspecified atom stereocenters. The van der Waals surface area contributed by atoms with E-state index < -0.39 is 0 Å². The molecule has 0 bridgehead atoms. The molecule has 45 valence electrons. The summed E-state index contributed by atoms with van der Waals surface area (Å²) in [4.78, 5) is 0. The summed E-state index contributed by atoms with van der Waals surface area (Å²) < 4.78 is 1.17. The Kier molecular flexibility index (Phi) is 80.9. The normalized spacial score (nSPS) is 3.57. The summed E-state index contributed by atoms with van der Waals surface area (Å²) in [5, 5.41) is 0. The van der Waals surface area contributed by atoms with E-state index in [1.165, 1.54) is 4.44 Å². The Balaban J connectivity index is -0.0000000150. The van der Waals surface area contributed by atoms with Gasteiger partial charge in [0, 0.05) is 0 Å². The predicted molar refractivity (Wildman–Crippen MR) is 51.7 cm³/mol. The molecule has 0 aliphatic heterocycles. The third-order valence-corrected chi connectivity index (χ3v) is 0.968. The Labute approximate surface area is 89.5 Å². The maximum atomic E-state index is 3.50. The van der Waals surface area contributed by atoms with Crippen molar-refractivity contribution in [3.63, 3.8) is 0 Å². The molecular weight excluding hydrogens is 394 g/mol. The number of halogens is 3. The molecule has 0 fully saturated rings. The molecule has 0 saturated carbocycles. The van der Waals surface area contributed by atoms with Crippen LogP contribution in [-0.4, -0.2) is 22.5 Å². The monoisotopic (exact) mass is 401 g/mol. The summed E-state index contributed by atoms with van der Waals surface area (Å²) in [5.41, 5.74) is 0. The van der Waals surface area contributed by atoms with E-state index in [0.717, 1.165) is 0 Å². The van der Waals surface area contributed by atoms with Crippen LogP contribution in [0.2, 0.25) is 4.44 Å². The molecule has 0 amide bonds. The van der Waals surface area contributed by atoms with Crippen molar-refractivity contribution < 1.29 is 0 Å². The van der Waals surface area contributed by atoms with E-state index in [4.69, 9.17) is 0 Å². The zero-order chi connectivity index (χ0) is 3.41. The second kappa shape index (κ2) is 24.5. The van der Waals surface area contributed by atoms with Gasteiger partial charge in [-0.1, -0.05) is 0 Å². The van der Waals surface area contributed by atoms with Crippen molar-refractivity contribution in [1.82, 2.24) is 0 Å². The Morgan fingerprint density at radius 2 is 1.43 bits per heavy atom. The van der Waals surface area contributed by atoms with Gasteiger partial charge in [0.15, 0.2) is 0 Å². The zero-order valence-electron chi connectivity index (χ0n) is 3.72. The summed E-state index contributed by atoms with van der Waals surface area (Å²) >= 11 is 1.55. The third kappa shape index (κ3) is 32.1. The van der Waals surface area contributed by atoms with Gasteiger partial charge in [0.05, 0.1) is 0 Å². The van der Waals surface area contributed by atoms with Gasteiger partial charge in [0.2, 0.25) is 0 Å². The molecule has 0 aliphatic rings. The molecule has 0 saturated heterocycles. The van der Waals surface area contributed by atoms with Crippen LogP contribution < -0.4 is 0 Å². The molecule has 0 N–H and O–H groups in total. The maximum absolute atomic E-state index is 3.50. The zero-order valence-corrected chi connectivity index (χ0v) is 11.7. The molecule has 3 radical (unpaired) electrons. The van der Waals surface area contributed by atoms with E-state index in [9.17, 15) is 0 Å².